The number of nitrogens with two attached hydrogens (primary N) is 2. The van der Waals surface area contributed by atoms with E-state index in [1.807, 2.05) is 6.92 Å². The fourth-order valence-corrected chi connectivity index (χ4v) is 2.60. The maximum absolute atomic E-state index is 12.1. The van der Waals surface area contributed by atoms with Crippen LogP contribution in [0.2, 0.25) is 0 Å². The highest BCUT2D eigenvalue weighted by atomic mass is 32.1. The van der Waals surface area contributed by atoms with Crippen molar-refractivity contribution in [3.63, 3.8) is 0 Å². The Balaban J connectivity index is 5.67. The minimum Gasteiger partial charge on any atom is -0.480 e. The third-order valence-corrected chi connectivity index (χ3v) is 4.39. The van der Waals surface area contributed by atoms with Gasteiger partial charge < -0.3 is 16.6 Å². The van der Waals surface area contributed by atoms with Gasteiger partial charge in [0.1, 0.15) is 16.9 Å². The first-order valence-electron chi connectivity index (χ1n) is 6.55. The number of hydrogen-bond donors (Lipinski definition) is 4. The van der Waals surface area contributed by atoms with Gasteiger partial charge in [-0.15, -0.1) is 0 Å². The number of unbranched alkanes of at least 4 members (excludes halogenated alkanes) is 1. The lowest BCUT2D eigenvalue weighted by Crippen LogP contribution is -2.77. The molecule has 0 aromatic heterocycles. The molecule has 6 nitrogen and oxygen atoms in total. The molecule has 0 saturated carbocycles. The summed E-state index contributed by atoms with van der Waals surface area (Å²) in [6, 6.07) is 0. The molecule has 0 amide bonds. The number of carbonyl (C=O) groups excluding carboxylic acids is 2. The average molecular weight is 304 g/mol. The van der Waals surface area contributed by atoms with Crippen molar-refractivity contribution >= 4 is 30.2 Å². The molecule has 116 valence electrons. The highest BCUT2D eigenvalue weighted by Gasteiger charge is 2.58. The SMILES string of the molecule is CCCCC(=O)C(C)C(N)(C(C)=O)C(N)(CS)C(=O)O. The summed E-state index contributed by atoms with van der Waals surface area (Å²) in [5.74, 6) is -3.67. The summed E-state index contributed by atoms with van der Waals surface area (Å²) in [4.78, 5) is 35.5. The largest absolute Gasteiger partial charge is 0.480 e. The molecule has 0 aliphatic rings. The molecular weight excluding hydrogens is 280 g/mol. The van der Waals surface area contributed by atoms with Gasteiger partial charge in [0.25, 0.3) is 0 Å². The second kappa shape index (κ2) is 7.19. The van der Waals surface area contributed by atoms with Crippen LogP contribution in [0.25, 0.3) is 0 Å². The zero-order valence-electron chi connectivity index (χ0n) is 12.2. The van der Waals surface area contributed by atoms with Crippen LogP contribution in [0.3, 0.4) is 0 Å². The van der Waals surface area contributed by atoms with Crippen LogP contribution < -0.4 is 11.5 Å². The number of ketones is 2. The third-order valence-electron chi connectivity index (χ3n) is 3.89. The van der Waals surface area contributed by atoms with Gasteiger partial charge in [-0.05, 0) is 13.3 Å². The van der Waals surface area contributed by atoms with Crippen molar-refractivity contribution in [2.24, 2.45) is 17.4 Å². The average Bonchev–Trinajstić information content (AvgIpc) is 2.41. The monoisotopic (exact) mass is 304 g/mol. The van der Waals surface area contributed by atoms with Gasteiger partial charge >= 0.3 is 5.97 Å². The van der Waals surface area contributed by atoms with Gasteiger partial charge in [-0.3, -0.25) is 14.4 Å². The summed E-state index contributed by atoms with van der Waals surface area (Å²) < 4.78 is 0. The Kier molecular flexibility index (Phi) is 6.86. The maximum Gasteiger partial charge on any atom is 0.326 e. The van der Waals surface area contributed by atoms with Gasteiger partial charge in [0.15, 0.2) is 5.78 Å². The molecule has 0 aliphatic heterocycles. The number of Topliss-reactive ketones (excluding diaryl/α,β-unsaturated/α-hetero) is 2. The van der Waals surface area contributed by atoms with E-state index >= 15 is 0 Å². The first-order valence-corrected chi connectivity index (χ1v) is 7.18. The first-order chi connectivity index (χ1) is 9.09. The second-order valence-electron chi connectivity index (χ2n) is 5.15. The molecule has 0 fully saturated rings. The predicted molar refractivity (Wildman–Crippen MR) is 79.7 cm³/mol. The van der Waals surface area contributed by atoms with Crippen molar-refractivity contribution in [2.75, 3.05) is 5.75 Å². The zero-order valence-corrected chi connectivity index (χ0v) is 13.1. The zero-order chi connectivity index (χ0) is 16.1. The van der Waals surface area contributed by atoms with Crippen molar-refractivity contribution in [2.45, 2.75) is 51.1 Å². The van der Waals surface area contributed by atoms with Gasteiger partial charge in [-0.1, -0.05) is 20.3 Å². The minimum absolute atomic E-state index is 0.242. The Bertz CT molecular complexity index is 402. The topological polar surface area (TPSA) is 123 Å². The van der Waals surface area contributed by atoms with E-state index in [-0.39, 0.29) is 18.0 Å². The summed E-state index contributed by atoms with van der Waals surface area (Å²) in [6.45, 7) is 4.53. The smallest absolute Gasteiger partial charge is 0.326 e. The van der Waals surface area contributed by atoms with Crippen LogP contribution in [0, 0.1) is 5.92 Å². The number of carboxylic acid groups (broad SMARTS) is 1. The van der Waals surface area contributed by atoms with E-state index in [1.54, 1.807) is 0 Å². The van der Waals surface area contributed by atoms with Gasteiger partial charge in [-0.2, -0.15) is 12.6 Å². The number of aliphatic carboxylic acids is 1. The molecule has 0 bridgehead atoms. The molecule has 0 radical (unpaired) electrons. The molecule has 5 N–H and O–H groups in total. The van der Waals surface area contributed by atoms with Crippen LogP contribution in [0.5, 0.6) is 0 Å². The Labute approximate surface area is 124 Å². The fourth-order valence-electron chi connectivity index (χ4n) is 2.20. The van der Waals surface area contributed by atoms with Gasteiger partial charge in [0.2, 0.25) is 0 Å². The van der Waals surface area contributed by atoms with Gasteiger partial charge in [0, 0.05) is 18.1 Å². The lowest BCUT2D eigenvalue weighted by molar-refractivity contribution is -0.151. The summed E-state index contributed by atoms with van der Waals surface area (Å²) in [5, 5.41) is 9.31. The molecule has 0 spiro atoms. The van der Waals surface area contributed by atoms with E-state index in [0.29, 0.717) is 6.42 Å². The molecule has 7 heteroatoms. The molecule has 3 unspecified atom stereocenters. The summed E-state index contributed by atoms with van der Waals surface area (Å²) in [5.41, 5.74) is 7.76. The van der Waals surface area contributed by atoms with Crippen LogP contribution >= 0.6 is 12.6 Å². The molecule has 0 saturated heterocycles. The van der Waals surface area contributed by atoms with Crippen LogP contribution in [-0.2, 0) is 14.4 Å². The summed E-state index contributed by atoms with van der Waals surface area (Å²) >= 11 is 3.91. The van der Waals surface area contributed by atoms with E-state index in [4.69, 9.17) is 11.5 Å². The molecule has 0 rings (SSSR count). The highest BCUT2D eigenvalue weighted by molar-refractivity contribution is 7.80. The van der Waals surface area contributed by atoms with Crippen LogP contribution in [0.1, 0.15) is 40.0 Å². The van der Waals surface area contributed by atoms with Crippen LogP contribution in [0.15, 0.2) is 0 Å². The molecule has 0 aromatic rings. The number of carbonyl (C=O) groups is 3. The van der Waals surface area contributed by atoms with E-state index < -0.39 is 28.7 Å². The number of rotatable bonds is 9. The summed E-state index contributed by atoms with van der Waals surface area (Å²) in [6.07, 6.45) is 1.71. The molecule has 0 aliphatic carbocycles. The normalized spacial score (nSPS) is 18.7. The minimum atomic E-state index is -2.09. The highest BCUT2D eigenvalue weighted by Crippen LogP contribution is 2.30. The van der Waals surface area contributed by atoms with Gasteiger partial charge in [0.05, 0.1) is 0 Å². The number of hydrogen-bond acceptors (Lipinski definition) is 6. The van der Waals surface area contributed by atoms with E-state index in [1.165, 1.54) is 6.92 Å². The molecule has 0 heterocycles. The quantitative estimate of drug-likeness (QED) is 0.457. The Morgan fingerprint density at radius 3 is 2.10 bits per heavy atom. The Morgan fingerprint density at radius 1 is 1.30 bits per heavy atom. The van der Waals surface area contributed by atoms with E-state index in [0.717, 1.165) is 13.3 Å². The third kappa shape index (κ3) is 3.21. The maximum atomic E-state index is 12.1. The van der Waals surface area contributed by atoms with Crippen molar-refractivity contribution in [3.05, 3.63) is 0 Å². The second-order valence-corrected chi connectivity index (χ2v) is 5.47. The van der Waals surface area contributed by atoms with Crippen molar-refractivity contribution in [1.82, 2.24) is 0 Å². The van der Waals surface area contributed by atoms with Crippen LogP contribution in [-0.4, -0.2) is 39.5 Å². The molecular formula is C13H24N2O4S. The predicted octanol–water partition coefficient (Wildman–Crippen LogP) is 0.380. The molecule has 20 heavy (non-hydrogen) atoms. The number of carboxylic acids is 1. The Morgan fingerprint density at radius 2 is 1.80 bits per heavy atom. The van der Waals surface area contributed by atoms with Gasteiger partial charge in [-0.25, -0.2) is 0 Å². The van der Waals surface area contributed by atoms with Crippen molar-refractivity contribution in [3.8, 4) is 0 Å². The van der Waals surface area contributed by atoms with Crippen molar-refractivity contribution < 1.29 is 19.5 Å². The van der Waals surface area contributed by atoms with E-state index in [9.17, 15) is 19.5 Å². The summed E-state index contributed by atoms with van der Waals surface area (Å²) in [7, 11) is 0. The Hall–Kier alpha value is -0.920. The number of thiol groups is 1. The van der Waals surface area contributed by atoms with Crippen molar-refractivity contribution in [1.29, 1.82) is 0 Å². The first kappa shape index (κ1) is 19.1. The van der Waals surface area contributed by atoms with E-state index in [2.05, 4.69) is 12.6 Å². The fraction of sp³-hybridized carbons (Fsp3) is 0.769. The van der Waals surface area contributed by atoms with Crippen LogP contribution in [0.4, 0.5) is 0 Å². The lowest BCUT2D eigenvalue weighted by Gasteiger charge is -2.43. The lowest BCUT2D eigenvalue weighted by atomic mass is 9.66. The molecule has 3 atom stereocenters. The standard InChI is InChI=1S/C13H24N2O4S/c1-4-5-6-10(17)8(2)13(15,9(3)16)12(14,7-20)11(18)19/h8,20H,4-7,14-15H2,1-3H3,(H,18,19). The molecule has 0 aromatic carbocycles.